The number of hydrogen-bond acceptors (Lipinski definition) is 1. The van der Waals surface area contributed by atoms with E-state index in [1.807, 2.05) is 6.07 Å². The molecule has 0 aliphatic heterocycles. The van der Waals surface area contributed by atoms with Gasteiger partial charge in [-0.1, -0.05) is 60.3 Å². The summed E-state index contributed by atoms with van der Waals surface area (Å²) in [7, 11) is 0. The second kappa shape index (κ2) is 5.17. The number of hydrogen-bond donors (Lipinski definition) is 0. The highest BCUT2D eigenvalue weighted by atomic mass is 16.5. The van der Waals surface area contributed by atoms with E-state index in [1.165, 1.54) is 11.1 Å². The summed E-state index contributed by atoms with van der Waals surface area (Å²) >= 11 is 0. The van der Waals surface area contributed by atoms with Crippen LogP contribution in [0.3, 0.4) is 0 Å². The van der Waals surface area contributed by atoms with Crippen LogP contribution >= 0.6 is 0 Å². The number of benzene rings is 1. The van der Waals surface area contributed by atoms with Crippen LogP contribution in [0, 0.1) is 6.07 Å². The Morgan fingerprint density at radius 1 is 1.17 bits per heavy atom. The van der Waals surface area contributed by atoms with Crippen LogP contribution in [0.15, 0.2) is 24.8 Å². The summed E-state index contributed by atoms with van der Waals surface area (Å²) in [6, 6.07) is 7.56. The van der Waals surface area contributed by atoms with E-state index >= 15 is 0 Å². The predicted molar refractivity (Wildman–Crippen MR) is 78.4 cm³/mol. The largest absolute Gasteiger partial charge is 0.489 e. The third-order valence-corrected chi connectivity index (χ3v) is 2.92. The molecule has 1 radical (unpaired) electrons. The quantitative estimate of drug-likeness (QED) is 0.704. The Hall–Kier alpha value is -1.24. The first-order valence-electron chi connectivity index (χ1n) is 6.46. The van der Waals surface area contributed by atoms with Gasteiger partial charge in [-0.05, 0) is 22.5 Å². The summed E-state index contributed by atoms with van der Waals surface area (Å²) in [6.45, 7) is 17.4. The van der Waals surface area contributed by atoms with E-state index in [2.05, 4.69) is 60.3 Å². The molecule has 0 aliphatic carbocycles. The molecule has 0 fully saturated rings. The summed E-state index contributed by atoms with van der Waals surface area (Å²) in [4.78, 5) is 0. The monoisotopic (exact) mass is 245 g/mol. The minimum absolute atomic E-state index is 0.0499. The molecule has 0 amide bonds. The van der Waals surface area contributed by atoms with Gasteiger partial charge in [0.2, 0.25) is 0 Å². The Morgan fingerprint density at radius 3 is 2.22 bits per heavy atom. The number of rotatable bonds is 3. The molecule has 0 saturated carbocycles. The Balaban J connectivity index is 3.25. The van der Waals surface area contributed by atoms with Crippen LogP contribution in [0.1, 0.15) is 52.7 Å². The van der Waals surface area contributed by atoms with Crippen LogP contribution < -0.4 is 4.74 Å². The van der Waals surface area contributed by atoms with Gasteiger partial charge < -0.3 is 4.74 Å². The molecule has 1 aromatic rings. The van der Waals surface area contributed by atoms with E-state index in [0.717, 1.165) is 5.75 Å². The number of ether oxygens (including phenoxy) is 1. The van der Waals surface area contributed by atoms with Crippen LogP contribution in [0.5, 0.6) is 5.75 Å². The average molecular weight is 245 g/mol. The lowest BCUT2D eigenvalue weighted by Gasteiger charge is -2.26. The van der Waals surface area contributed by atoms with Crippen molar-refractivity contribution in [2.24, 2.45) is 0 Å². The Kier molecular flexibility index (Phi) is 4.26. The highest BCUT2D eigenvalue weighted by Gasteiger charge is 2.23. The molecule has 0 heterocycles. The SMILES string of the molecule is C=CCOc1[c]cc(C(C)(C)C)cc1C(C)(C)C. The highest BCUT2D eigenvalue weighted by molar-refractivity contribution is 5.42. The Bertz CT molecular complexity index is 416. The van der Waals surface area contributed by atoms with Crippen LogP contribution in [-0.2, 0) is 10.8 Å². The molecular formula is C17H25O. The summed E-state index contributed by atoms with van der Waals surface area (Å²) < 4.78 is 5.71. The van der Waals surface area contributed by atoms with E-state index < -0.39 is 0 Å². The van der Waals surface area contributed by atoms with Gasteiger partial charge in [-0.15, -0.1) is 0 Å². The molecule has 0 N–H and O–H groups in total. The molecule has 0 bridgehead atoms. The summed E-state index contributed by atoms with van der Waals surface area (Å²) in [6.07, 6.45) is 1.76. The maximum absolute atomic E-state index is 5.71. The van der Waals surface area contributed by atoms with Gasteiger partial charge in [0.25, 0.3) is 0 Å². The maximum Gasteiger partial charge on any atom is 0.131 e. The Morgan fingerprint density at radius 2 is 1.78 bits per heavy atom. The van der Waals surface area contributed by atoms with Gasteiger partial charge in [0.1, 0.15) is 12.4 Å². The molecule has 1 heteroatoms. The molecule has 99 valence electrons. The molecule has 0 spiro atoms. The van der Waals surface area contributed by atoms with Crippen molar-refractivity contribution >= 4 is 0 Å². The van der Waals surface area contributed by atoms with Crippen molar-refractivity contribution in [2.75, 3.05) is 6.61 Å². The molecular weight excluding hydrogens is 220 g/mol. The Labute approximate surface area is 112 Å². The summed E-state index contributed by atoms with van der Waals surface area (Å²) in [5, 5.41) is 0. The standard InChI is InChI=1S/C17H25O/c1-8-11-18-15-10-9-13(16(2,3)4)12-14(15)17(5,6)7/h8-9,12H,1,11H2,2-7H3. The fourth-order valence-corrected chi connectivity index (χ4v) is 1.74. The fourth-order valence-electron chi connectivity index (χ4n) is 1.74. The first-order valence-corrected chi connectivity index (χ1v) is 6.46. The van der Waals surface area contributed by atoms with Gasteiger partial charge in [0.15, 0.2) is 0 Å². The van der Waals surface area contributed by atoms with Crippen molar-refractivity contribution in [2.45, 2.75) is 52.4 Å². The van der Waals surface area contributed by atoms with E-state index in [1.54, 1.807) is 6.08 Å². The summed E-state index contributed by atoms with van der Waals surface area (Å²) in [5.41, 5.74) is 2.68. The first-order chi connectivity index (χ1) is 8.16. The minimum atomic E-state index is 0.0499. The predicted octanol–water partition coefficient (Wildman–Crippen LogP) is 4.65. The average Bonchev–Trinajstić information content (AvgIpc) is 2.23. The minimum Gasteiger partial charge on any atom is -0.489 e. The van der Waals surface area contributed by atoms with Gasteiger partial charge >= 0.3 is 0 Å². The lowest BCUT2D eigenvalue weighted by Crippen LogP contribution is -2.17. The zero-order chi connectivity index (χ0) is 14.0. The van der Waals surface area contributed by atoms with Crippen molar-refractivity contribution in [3.63, 3.8) is 0 Å². The molecule has 0 aliphatic rings. The van der Waals surface area contributed by atoms with Gasteiger partial charge in [0, 0.05) is 11.6 Å². The molecule has 1 nitrogen and oxygen atoms in total. The van der Waals surface area contributed by atoms with Crippen molar-refractivity contribution in [3.05, 3.63) is 42.0 Å². The van der Waals surface area contributed by atoms with Crippen molar-refractivity contribution in [1.29, 1.82) is 0 Å². The lowest BCUT2D eigenvalue weighted by atomic mass is 9.80. The van der Waals surface area contributed by atoms with Gasteiger partial charge in [0.05, 0.1) is 0 Å². The molecule has 0 unspecified atom stereocenters. The van der Waals surface area contributed by atoms with Crippen molar-refractivity contribution in [3.8, 4) is 5.75 Å². The van der Waals surface area contributed by atoms with Crippen LogP contribution in [-0.4, -0.2) is 6.61 Å². The highest BCUT2D eigenvalue weighted by Crippen LogP contribution is 2.35. The first kappa shape index (κ1) is 14.8. The third kappa shape index (κ3) is 3.63. The van der Waals surface area contributed by atoms with Gasteiger partial charge in [-0.3, -0.25) is 0 Å². The van der Waals surface area contributed by atoms with Gasteiger partial charge in [-0.2, -0.15) is 0 Å². The fraction of sp³-hybridized carbons (Fsp3) is 0.529. The van der Waals surface area contributed by atoms with Crippen LogP contribution in [0.4, 0.5) is 0 Å². The van der Waals surface area contributed by atoms with Crippen LogP contribution in [0.25, 0.3) is 0 Å². The molecule has 1 rings (SSSR count). The molecule has 0 saturated heterocycles. The second-order valence-electron chi connectivity index (χ2n) is 6.73. The van der Waals surface area contributed by atoms with E-state index in [4.69, 9.17) is 4.74 Å². The van der Waals surface area contributed by atoms with E-state index in [9.17, 15) is 0 Å². The van der Waals surface area contributed by atoms with E-state index in [-0.39, 0.29) is 10.8 Å². The van der Waals surface area contributed by atoms with Crippen molar-refractivity contribution < 1.29 is 4.74 Å². The van der Waals surface area contributed by atoms with E-state index in [0.29, 0.717) is 6.61 Å². The second-order valence-corrected chi connectivity index (χ2v) is 6.73. The van der Waals surface area contributed by atoms with Crippen LogP contribution in [0.2, 0.25) is 0 Å². The van der Waals surface area contributed by atoms with Gasteiger partial charge in [-0.25, -0.2) is 0 Å². The van der Waals surface area contributed by atoms with Crippen molar-refractivity contribution in [1.82, 2.24) is 0 Å². The zero-order valence-corrected chi connectivity index (χ0v) is 12.6. The normalized spacial score (nSPS) is 12.3. The smallest absolute Gasteiger partial charge is 0.131 e. The topological polar surface area (TPSA) is 9.23 Å². The summed E-state index contributed by atoms with van der Waals surface area (Å²) in [5.74, 6) is 0.843. The molecule has 1 aromatic carbocycles. The molecule has 0 aromatic heterocycles. The third-order valence-electron chi connectivity index (χ3n) is 2.92. The zero-order valence-electron chi connectivity index (χ0n) is 12.6. The maximum atomic E-state index is 5.71. The lowest BCUT2D eigenvalue weighted by molar-refractivity contribution is 0.349. The molecule has 0 atom stereocenters. The molecule has 18 heavy (non-hydrogen) atoms.